The van der Waals surface area contributed by atoms with Crippen molar-refractivity contribution in [2.45, 2.75) is 20.8 Å². The van der Waals surface area contributed by atoms with Crippen LogP contribution in [0.15, 0.2) is 40.2 Å². The summed E-state index contributed by atoms with van der Waals surface area (Å²) in [7, 11) is 2.93. The zero-order valence-electron chi connectivity index (χ0n) is 17.4. The van der Waals surface area contributed by atoms with E-state index in [4.69, 9.17) is 14.2 Å². The second kappa shape index (κ2) is 9.04. The van der Waals surface area contributed by atoms with Crippen molar-refractivity contribution in [1.29, 1.82) is 0 Å². The van der Waals surface area contributed by atoms with Crippen LogP contribution in [0.2, 0.25) is 0 Å². The number of benzene rings is 2. The molecular weight excluding hydrogens is 404 g/mol. The number of thioether (sulfide) groups is 1. The molecule has 0 unspecified atom stereocenters. The van der Waals surface area contributed by atoms with Crippen LogP contribution in [0.1, 0.15) is 23.6 Å². The Balaban J connectivity index is 1.93. The molecule has 1 N–H and O–H groups in total. The van der Waals surface area contributed by atoms with Gasteiger partial charge in [-0.3, -0.25) is 9.59 Å². The summed E-state index contributed by atoms with van der Waals surface area (Å²) in [6, 6.07) is 9.32. The Labute approximate surface area is 179 Å². The Morgan fingerprint density at radius 1 is 1.10 bits per heavy atom. The summed E-state index contributed by atoms with van der Waals surface area (Å²) in [6.07, 6.45) is 1.70. The summed E-state index contributed by atoms with van der Waals surface area (Å²) in [5.74, 6) is 0.102. The van der Waals surface area contributed by atoms with Crippen molar-refractivity contribution in [3.63, 3.8) is 0 Å². The van der Waals surface area contributed by atoms with Crippen LogP contribution >= 0.6 is 11.8 Å². The Kier molecular flexibility index (Phi) is 6.47. The van der Waals surface area contributed by atoms with Gasteiger partial charge in [0.05, 0.1) is 24.8 Å². The van der Waals surface area contributed by atoms with Crippen molar-refractivity contribution >= 4 is 40.6 Å². The molecule has 1 heterocycles. The number of amides is 1. The molecule has 0 spiro atoms. The molecule has 1 aliphatic rings. The molecule has 3 rings (SSSR count). The number of carbonyl (C=O) groups excluding carboxylic acids is 2. The monoisotopic (exact) mass is 426 g/mol. The van der Waals surface area contributed by atoms with Crippen LogP contribution < -0.4 is 19.5 Å². The lowest BCUT2D eigenvalue weighted by molar-refractivity contribution is -0.132. The van der Waals surface area contributed by atoms with Crippen LogP contribution in [-0.2, 0) is 9.59 Å². The quantitative estimate of drug-likeness (QED) is 0.439. The number of ether oxygens (including phenoxy) is 3. The number of rotatable bonds is 5. The fourth-order valence-corrected chi connectivity index (χ4v) is 3.64. The lowest BCUT2D eigenvalue weighted by Gasteiger charge is -2.13. The number of esters is 1. The third-order valence-corrected chi connectivity index (χ3v) is 5.17. The molecule has 0 aliphatic carbocycles. The summed E-state index contributed by atoms with van der Waals surface area (Å²) < 4.78 is 15.9. The number of carbonyl (C=O) groups is 2. The number of methoxy groups -OCH3 is 2. The predicted molar refractivity (Wildman–Crippen MR) is 118 cm³/mol. The van der Waals surface area contributed by atoms with E-state index < -0.39 is 5.97 Å². The topological polar surface area (TPSA) is 86.2 Å². The zero-order valence-corrected chi connectivity index (χ0v) is 18.2. The van der Waals surface area contributed by atoms with Gasteiger partial charge < -0.3 is 19.5 Å². The minimum atomic E-state index is -0.490. The highest BCUT2D eigenvalue weighted by Gasteiger charge is 2.25. The standard InChI is InChI=1S/C22H22N2O5S/c1-12-6-7-13(2)16(8-12)23-22-24-21(26)19(30-22)11-15-9-17(27-4)20(29-14(3)25)18(10-15)28-5/h6-11H,1-5H3,(H,23,24,26)/b19-11+. The second-order valence-electron chi connectivity index (χ2n) is 6.62. The van der Waals surface area contributed by atoms with Gasteiger partial charge in [0.25, 0.3) is 5.91 Å². The van der Waals surface area contributed by atoms with E-state index >= 15 is 0 Å². The van der Waals surface area contributed by atoms with Crippen molar-refractivity contribution in [1.82, 2.24) is 5.32 Å². The van der Waals surface area contributed by atoms with Gasteiger partial charge >= 0.3 is 5.97 Å². The van der Waals surface area contributed by atoms with Gasteiger partial charge in [-0.15, -0.1) is 0 Å². The van der Waals surface area contributed by atoms with Gasteiger partial charge in [0.1, 0.15) is 0 Å². The highest BCUT2D eigenvalue weighted by molar-refractivity contribution is 8.18. The molecule has 0 saturated carbocycles. The fraction of sp³-hybridized carbons (Fsp3) is 0.227. The first-order valence-corrected chi connectivity index (χ1v) is 9.93. The first kappa shape index (κ1) is 21.4. The molecule has 0 atom stereocenters. The van der Waals surface area contributed by atoms with Crippen LogP contribution in [0.25, 0.3) is 6.08 Å². The van der Waals surface area contributed by atoms with E-state index in [2.05, 4.69) is 10.3 Å². The van der Waals surface area contributed by atoms with Crippen LogP contribution in [0, 0.1) is 13.8 Å². The van der Waals surface area contributed by atoms with Gasteiger partial charge in [-0.25, -0.2) is 4.99 Å². The molecular formula is C22H22N2O5S. The minimum absolute atomic E-state index is 0.190. The number of amidine groups is 1. The van der Waals surface area contributed by atoms with E-state index in [9.17, 15) is 9.59 Å². The molecule has 2 aromatic carbocycles. The van der Waals surface area contributed by atoms with Crippen molar-refractivity contribution < 1.29 is 23.8 Å². The van der Waals surface area contributed by atoms with Gasteiger partial charge in [0, 0.05) is 6.92 Å². The molecule has 30 heavy (non-hydrogen) atoms. The molecule has 0 bridgehead atoms. The van der Waals surface area contributed by atoms with Crippen LogP contribution in [0.5, 0.6) is 17.2 Å². The molecule has 156 valence electrons. The Hall–Kier alpha value is -3.26. The lowest BCUT2D eigenvalue weighted by atomic mass is 10.1. The fourth-order valence-electron chi connectivity index (χ4n) is 2.81. The second-order valence-corrected chi connectivity index (χ2v) is 7.65. The lowest BCUT2D eigenvalue weighted by Crippen LogP contribution is -2.19. The molecule has 2 aromatic rings. The molecule has 1 amide bonds. The highest BCUT2D eigenvalue weighted by atomic mass is 32.2. The van der Waals surface area contributed by atoms with E-state index in [0.717, 1.165) is 16.8 Å². The molecule has 0 radical (unpaired) electrons. The Morgan fingerprint density at radius 2 is 1.77 bits per heavy atom. The van der Waals surface area contributed by atoms with Crippen LogP contribution in [-0.4, -0.2) is 31.3 Å². The first-order chi connectivity index (χ1) is 14.3. The van der Waals surface area contributed by atoms with Gasteiger partial charge in [-0.1, -0.05) is 12.1 Å². The third kappa shape index (κ3) is 4.83. The van der Waals surface area contributed by atoms with E-state index in [-0.39, 0.29) is 11.7 Å². The van der Waals surface area contributed by atoms with Crippen LogP contribution in [0.4, 0.5) is 5.69 Å². The van der Waals surface area contributed by atoms with E-state index in [1.54, 1.807) is 18.2 Å². The number of aryl methyl sites for hydroxylation is 2. The average molecular weight is 426 g/mol. The van der Waals surface area contributed by atoms with E-state index in [1.807, 2.05) is 32.0 Å². The molecule has 7 nitrogen and oxygen atoms in total. The first-order valence-electron chi connectivity index (χ1n) is 9.12. The predicted octanol–water partition coefficient (Wildman–Crippen LogP) is 4.14. The Bertz CT molecular complexity index is 1050. The third-order valence-electron chi connectivity index (χ3n) is 4.26. The van der Waals surface area contributed by atoms with Crippen LogP contribution in [0.3, 0.4) is 0 Å². The number of hydrogen-bond acceptors (Lipinski definition) is 7. The summed E-state index contributed by atoms with van der Waals surface area (Å²) in [6.45, 7) is 5.26. The van der Waals surface area contributed by atoms with Crippen molar-refractivity contribution in [2.75, 3.05) is 14.2 Å². The number of aliphatic imine (C=N–C) groups is 1. The highest BCUT2D eigenvalue weighted by Crippen LogP contribution is 2.40. The maximum Gasteiger partial charge on any atom is 0.308 e. The largest absolute Gasteiger partial charge is 0.493 e. The average Bonchev–Trinajstić information content (AvgIpc) is 3.03. The van der Waals surface area contributed by atoms with Gasteiger partial charge in [0.15, 0.2) is 16.7 Å². The molecule has 8 heteroatoms. The number of nitrogens with zero attached hydrogens (tertiary/aromatic N) is 1. The molecule has 1 aliphatic heterocycles. The summed E-state index contributed by atoms with van der Waals surface area (Å²) in [4.78, 5) is 28.9. The van der Waals surface area contributed by atoms with Gasteiger partial charge in [0.2, 0.25) is 5.75 Å². The van der Waals surface area contributed by atoms with Gasteiger partial charge in [-0.2, -0.15) is 0 Å². The molecule has 1 fully saturated rings. The molecule has 1 saturated heterocycles. The van der Waals surface area contributed by atoms with Crippen molar-refractivity contribution in [3.8, 4) is 17.2 Å². The summed E-state index contributed by atoms with van der Waals surface area (Å²) >= 11 is 1.25. The maximum absolute atomic E-state index is 12.4. The molecule has 0 aromatic heterocycles. The Morgan fingerprint density at radius 3 is 2.37 bits per heavy atom. The number of hydrogen-bond donors (Lipinski definition) is 1. The van der Waals surface area contributed by atoms with Gasteiger partial charge in [-0.05, 0) is 66.6 Å². The van der Waals surface area contributed by atoms with E-state index in [1.165, 1.54) is 32.9 Å². The summed E-state index contributed by atoms with van der Waals surface area (Å²) in [5.41, 5.74) is 3.59. The minimum Gasteiger partial charge on any atom is -0.493 e. The van der Waals surface area contributed by atoms with Crippen molar-refractivity contribution in [3.05, 3.63) is 51.9 Å². The van der Waals surface area contributed by atoms with E-state index in [0.29, 0.717) is 27.1 Å². The maximum atomic E-state index is 12.4. The smallest absolute Gasteiger partial charge is 0.308 e. The number of nitrogens with one attached hydrogen (secondary N) is 1. The normalized spacial score (nSPS) is 16.0. The SMILES string of the molecule is COc1cc(/C=C2/SC(=Nc3cc(C)ccc3C)NC2=O)cc(OC)c1OC(C)=O. The summed E-state index contributed by atoms with van der Waals surface area (Å²) in [5, 5.41) is 3.30. The van der Waals surface area contributed by atoms with Crippen molar-refractivity contribution in [2.24, 2.45) is 4.99 Å². The zero-order chi connectivity index (χ0) is 21.8.